The van der Waals surface area contributed by atoms with Crippen molar-refractivity contribution < 1.29 is 9.53 Å². The van der Waals surface area contributed by atoms with Crippen molar-refractivity contribution in [1.82, 2.24) is 4.90 Å². The third-order valence-electron chi connectivity index (χ3n) is 4.76. The maximum absolute atomic E-state index is 12.6. The first-order chi connectivity index (χ1) is 12.8. The van der Waals surface area contributed by atoms with Crippen molar-refractivity contribution in [2.45, 2.75) is 6.54 Å². The van der Waals surface area contributed by atoms with Crippen LogP contribution >= 0.6 is 0 Å². The van der Waals surface area contributed by atoms with Crippen molar-refractivity contribution in [2.75, 3.05) is 31.6 Å². The van der Waals surface area contributed by atoms with E-state index in [1.165, 1.54) is 5.56 Å². The third kappa shape index (κ3) is 3.77. The molecule has 132 valence electrons. The topological polar surface area (TPSA) is 41.6 Å². The zero-order valence-corrected chi connectivity index (χ0v) is 14.7. The lowest BCUT2D eigenvalue weighted by atomic mass is 10.1. The molecule has 1 aliphatic rings. The monoisotopic (exact) mass is 346 g/mol. The summed E-state index contributed by atoms with van der Waals surface area (Å²) < 4.78 is 5.38. The highest BCUT2D eigenvalue weighted by Gasteiger charge is 2.12. The average Bonchev–Trinajstić information content (AvgIpc) is 2.70. The van der Waals surface area contributed by atoms with Crippen LogP contribution in [0.15, 0.2) is 66.7 Å². The number of nitrogens with one attached hydrogen (secondary N) is 1. The highest BCUT2D eigenvalue weighted by molar-refractivity contribution is 6.09. The Labute approximate surface area is 153 Å². The van der Waals surface area contributed by atoms with Gasteiger partial charge in [0, 0.05) is 36.3 Å². The van der Waals surface area contributed by atoms with Gasteiger partial charge in [0.2, 0.25) is 0 Å². The molecule has 0 bridgehead atoms. The summed E-state index contributed by atoms with van der Waals surface area (Å²) in [5, 5.41) is 5.20. The summed E-state index contributed by atoms with van der Waals surface area (Å²) in [6.45, 7) is 4.41. The Hall–Kier alpha value is -2.69. The number of carbonyl (C=O) groups excluding carboxylic acids is 1. The maximum atomic E-state index is 12.6. The fraction of sp³-hybridized carbons (Fsp3) is 0.227. The predicted octanol–water partition coefficient (Wildman–Crippen LogP) is 3.92. The number of benzene rings is 3. The van der Waals surface area contributed by atoms with Gasteiger partial charge in [-0.2, -0.15) is 0 Å². The third-order valence-corrected chi connectivity index (χ3v) is 4.76. The first-order valence-electron chi connectivity index (χ1n) is 8.98. The number of hydrogen-bond acceptors (Lipinski definition) is 3. The molecular weight excluding hydrogens is 324 g/mol. The quantitative estimate of drug-likeness (QED) is 0.778. The van der Waals surface area contributed by atoms with Crippen molar-refractivity contribution in [3.63, 3.8) is 0 Å². The zero-order valence-electron chi connectivity index (χ0n) is 14.7. The molecule has 0 radical (unpaired) electrons. The molecule has 0 saturated carbocycles. The lowest BCUT2D eigenvalue weighted by Gasteiger charge is -2.26. The molecule has 0 unspecified atom stereocenters. The maximum Gasteiger partial charge on any atom is 0.255 e. The Kier molecular flexibility index (Phi) is 4.95. The smallest absolute Gasteiger partial charge is 0.255 e. The van der Waals surface area contributed by atoms with Crippen LogP contribution in [0.5, 0.6) is 0 Å². The molecule has 1 aliphatic heterocycles. The lowest BCUT2D eigenvalue weighted by Crippen LogP contribution is -2.35. The Balaban J connectivity index is 1.46. The van der Waals surface area contributed by atoms with Gasteiger partial charge in [0.25, 0.3) is 5.91 Å². The summed E-state index contributed by atoms with van der Waals surface area (Å²) in [5.41, 5.74) is 2.72. The summed E-state index contributed by atoms with van der Waals surface area (Å²) in [7, 11) is 0. The Morgan fingerprint density at radius 2 is 1.65 bits per heavy atom. The van der Waals surface area contributed by atoms with E-state index in [0.29, 0.717) is 5.56 Å². The molecule has 1 heterocycles. The van der Waals surface area contributed by atoms with Crippen molar-refractivity contribution in [1.29, 1.82) is 0 Å². The van der Waals surface area contributed by atoms with Crippen LogP contribution in [0.25, 0.3) is 10.8 Å². The number of hydrogen-bond donors (Lipinski definition) is 1. The molecule has 1 amide bonds. The second-order valence-electron chi connectivity index (χ2n) is 6.57. The predicted molar refractivity (Wildman–Crippen MR) is 104 cm³/mol. The average molecular weight is 346 g/mol. The minimum Gasteiger partial charge on any atom is -0.379 e. The summed E-state index contributed by atoms with van der Waals surface area (Å²) in [6.07, 6.45) is 0. The lowest BCUT2D eigenvalue weighted by molar-refractivity contribution is 0.0342. The van der Waals surface area contributed by atoms with Crippen molar-refractivity contribution >= 4 is 22.4 Å². The first-order valence-corrected chi connectivity index (χ1v) is 8.98. The minimum atomic E-state index is -0.0840. The van der Waals surface area contributed by atoms with Crippen molar-refractivity contribution in [3.8, 4) is 0 Å². The number of rotatable bonds is 4. The molecule has 3 aromatic rings. The van der Waals surface area contributed by atoms with E-state index >= 15 is 0 Å². The van der Waals surface area contributed by atoms with Gasteiger partial charge in [-0.1, -0.05) is 48.5 Å². The van der Waals surface area contributed by atoms with Gasteiger partial charge < -0.3 is 10.1 Å². The molecule has 1 fully saturated rings. The number of fused-ring (bicyclic) bond motifs is 1. The fourth-order valence-corrected chi connectivity index (χ4v) is 3.31. The molecule has 4 heteroatoms. The van der Waals surface area contributed by atoms with Gasteiger partial charge in [0.05, 0.1) is 13.2 Å². The number of ether oxygens (including phenoxy) is 1. The zero-order chi connectivity index (χ0) is 17.8. The molecule has 0 spiro atoms. The van der Waals surface area contributed by atoms with Gasteiger partial charge in [0.1, 0.15) is 0 Å². The standard InChI is InChI=1S/C22H22N2O2/c25-22(23-21-7-3-5-18-4-1-2-6-20(18)21)19-10-8-17(9-11-19)16-24-12-14-26-15-13-24/h1-11H,12-16H2,(H,23,25). The SMILES string of the molecule is O=C(Nc1cccc2ccccc12)c1ccc(CN2CCOCC2)cc1. The number of morpholine rings is 1. The van der Waals surface area contributed by atoms with E-state index in [9.17, 15) is 4.79 Å². The molecule has 4 rings (SSSR count). The number of carbonyl (C=O) groups is 1. The van der Waals surface area contributed by atoms with Gasteiger partial charge in [-0.15, -0.1) is 0 Å². The summed E-state index contributed by atoms with van der Waals surface area (Å²) >= 11 is 0. The molecular formula is C22H22N2O2. The van der Waals surface area contributed by atoms with Gasteiger partial charge >= 0.3 is 0 Å². The Morgan fingerprint density at radius 1 is 0.923 bits per heavy atom. The van der Waals surface area contributed by atoms with Crippen LogP contribution in [-0.2, 0) is 11.3 Å². The molecule has 0 atom stereocenters. The molecule has 1 saturated heterocycles. The van der Waals surface area contributed by atoms with Gasteiger partial charge in [0.15, 0.2) is 0 Å². The van der Waals surface area contributed by atoms with Crippen LogP contribution in [0, 0.1) is 0 Å². The van der Waals surface area contributed by atoms with Crippen LogP contribution in [0.2, 0.25) is 0 Å². The number of amides is 1. The van der Waals surface area contributed by atoms with E-state index in [2.05, 4.69) is 10.2 Å². The van der Waals surface area contributed by atoms with Crippen LogP contribution in [-0.4, -0.2) is 37.1 Å². The van der Waals surface area contributed by atoms with E-state index < -0.39 is 0 Å². The first kappa shape index (κ1) is 16.8. The van der Waals surface area contributed by atoms with E-state index in [1.807, 2.05) is 66.7 Å². The number of anilines is 1. The summed E-state index contributed by atoms with van der Waals surface area (Å²) in [5.74, 6) is -0.0840. The summed E-state index contributed by atoms with van der Waals surface area (Å²) in [4.78, 5) is 15.0. The fourth-order valence-electron chi connectivity index (χ4n) is 3.31. The Bertz CT molecular complexity index is 894. The molecule has 4 nitrogen and oxygen atoms in total. The molecule has 0 aliphatic carbocycles. The van der Waals surface area contributed by atoms with Gasteiger partial charge in [-0.25, -0.2) is 0 Å². The van der Waals surface area contributed by atoms with Crippen LogP contribution in [0.1, 0.15) is 15.9 Å². The van der Waals surface area contributed by atoms with Crippen molar-refractivity contribution in [2.24, 2.45) is 0 Å². The van der Waals surface area contributed by atoms with Gasteiger partial charge in [-0.3, -0.25) is 9.69 Å². The van der Waals surface area contributed by atoms with E-state index in [1.54, 1.807) is 0 Å². The highest BCUT2D eigenvalue weighted by Crippen LogP contribution is 2.23. The second kappa shape index (κ2) is 7.68. The van der Waals surface area contributed by atoms with E-state index in [0.717, 1.165) is 49.3 Å². The van der Waals surface area contributed by atoms with Gasteiger partial charge in [-0.05, 0) is 29.1 Å². The largest absolute Gasteiger partial charge is 0.379 e. The molecule has 0 aromatic heterocycles. The summed E-state index contributed by atoms with van der Waals surface area (Å²) in [6, 6.07) is 21.9. The second-order valence-corrected chi connectivity index (χ2v) is 6.57. The number of nitrogens with zero attached hydrogens (tertiary/aromatic N) is 1. The van der Waals surface area contributed by atoms with Crippen LogP contribution in [0.3, 0.4) is 0 Å². The highest BCUT2D eigenvalue weighted by atomic mass is 16.5. The molecule has 3 aromatic carbocycles. The minimum absolute atomic E-state index is 0.0840. The van der Waals surface area contributed by atoms with Crippen molar-refractivity contribution in [3.05, 3.63) is 77.9 Å². The Morgan fingerprint density at radius 3 is 2.46 bits per heavy atom. The van der Waals surface area contributed by atoms with Crippen LogP contribution < -0.4 is 5.32 Å². The molecule has 1 N–H and O–H groups in total. The molecule has 26 heavy (non-hydrogen) atoms. The van der Waals surface area contributed by atoms with E-state index in [-0.39, 0.29) is 5.91 Å². The van der Waals surface area contributed by atoms with Crippen LogP contribution in [0.4, 0.5) is 5.69 Å². The van der Waals surface area contributed by atoms with E-state index in [4.69, 9.17) is 4.74 Å². The normalized spacial score (nSPS) is 15.1.